The van der Waals surface area contributed by atoms with Crippen molar-refractivity contribution in [1.29, 1.82) is 0 Å². The van der Waals surface area contributed by atoms with Crippen molar-refractivity contribution in [2.24, 2.45) is 18.0 Å². The Morgan fingerprint density at radius 1 is 1.13 bits per heavy atom. The smallest absolute Gasteiger partial charge is 0.251 e. The SMILES string of the molecule is CSc1ccc2c(c1)sc(=NC(=O)C1CCN(S(=O)(=O)c3ccc(C)cc3)CC1)n2C. The van der Waals surface area contributed by atoms with Gasteiger partial charge in [-0.25, -0.2) is 8.42 Å². The number of amides is 1. The molecule has 1 saturated heterocycles. The molecule has 1 fully saturated rings. The number of hydrogen-bond donors (Lipinski definition) is 0. The van der Waals surface area contributed by atoms with Gasteiger partial charge in [-0.15, -0.1) is 11.8 Å². The van der Waals surface area contributed by atoms with E-state index in [1.54, 1.807) is 36.0 Å². The van der Waals surface area contributed by atoms with Crippen LogP contribution >= 0.6 is 23.1 Å². The maximum absolute atomic E-state index is 12.9. The second kappa shape index (κ2) is 8.90. The van der Waals surface area contributed by atoms with E-state index in [4.69, 9.17) is 0 Å². The van der Waals surface area contributed by atoms with Crippen molar-refractivity contribution in [3.63, 3.8) is 0 Å². The topological polar surface area (TPSA) is 71.7 Å². The number of benzene rings is 2. The lowest BCUT2D eigenvalue weighted by atomic mass is 9.98. The quantitative estimate of drug-likeness (QED) is 0.538. The fraction of sp³-hybridized carbons (Fsp3) is 0.364. The summed E-state index contributed by atoms with van der Waals surface area (Å²) in [7, 11) is -1.61. The van der Waals surface area contributed by atoms with E-state index >= 15 is 0 Å². The van der Waals surface area contributed by atoms with Gasteiger partial charge >= 0.3 is 0 Å². The second-order valence-corrected chi connectivity index (χ2v) is 11.5. The van der Waals surface area contributed by atoms with Crippen LogP contribution in [0.15, 0.2) is 57.2 Å². The Hall–Kier alpha value is -1.94. The lowest BCUT2D eigenvalue weighted by Gasteiger charge is -2.29. The van der Waals surface area contributed by atoms with Crippen LogP contribution in [0.1, 0.15) is 18.4 Å². The van der Waals surface area contributed by atoms with Crippen LogP contribution < -0.4 is 4.80 Å². The van der Waals surface area contributed by atoms with Gasteiger partial charge in [0.15, 0.2) is 4.80 Å². The van der Waals surface area contributed by atoms with Gasteiger partial charge in [0, 0.05) is 31.0 Å². The van der Waals surface area contributed by atoms with Crippen molar-refractivity contribution in [3.8, 4) is 0 Å². The molecule has 9 heteroatoms. The first-order valence-corrected chi connectivity index (χ1v) is 13.6. The molecule has 0 saturated carbocycles. The van der Waals surface area contributed by atoms with Gasteiger partial charge in [-0.2, -0.15) is 9.30 Å². The maximum atomic E-state index is 12.9. The fourth-order valence-corrected chi connectivity index (χ4v) is 6.78. The summed E-state index contributed by atoms with van der Waals surface area (Å²) in [4.78, 5) is 19.4. The van der Waals surface area contributed by atoms with Crippen molar-refractivity contribution < 1.29 is 13.2 Å². The number of hydrogen-bond acceptors (Lipinski definition) is 5. The van der Waals surface area contributed by atoms with Crippen molar-refractivity contribution in [2.75, 3.05) is 19.3 Å². The average Bonchev–Trinajstić information content (AvgIpc) is 3.08. The van der Waals surface area contributed by atoms with Gasteiger partial charge in [-0.05, 0) is 56.4 Å². The summed E-state index contributed by atoms with van der Waals surface area (Å²) in [6.45, 7) is 2.59. The standard InChI is InChI=1S/C22H25N3O3S3/c1-15-4-7-18(8-5-15)31(27,28)25-12-10-16(11-13-25)21(26)23-22-24(2)19-9-6-17(29-3)14-20(19)30-22/h4-9,14,16H,10-13H2,1-3H3. The Kier molecular flexibility index (Phi) is 6.39. The highest BCUT2D eigenvalue weighted by molar-refractivity contribution is 7.98. The molecule has 1 aliphatic rings. The van der Waals surface area contributed by atoms with Crippen molar-refractivity contribution in [1.82, 2.24) is 8.87 Å². The lowest BCUT2D eigenvalue weighted by molar-refractivity contribution is -0.122. The summed E-state index contributed by atoms with van der Waals surface area (Å²) < 4.78 is 30.3. The molecule has 0 N–H and O–H groups in total. The first kappa shape index (κ1) is 22.3. The van der Waals surface area contributed by atoms with E-state index in [1.165, 1.54) is 20.5 Å². The number of carbonyl (C=O) groups excluding carboxylic acids is 1. The molecule has 0 bridgehead atoms. The number of rotatable bonds is 4. The van der Waals surface area contributed by atoms with E-state index in [0.29, 0.717) is 35.6 Å². The molecule has 1 aromatic heterocycles. The predicted octanol–water partition coefficient (Wildman–Crippen LogP) is 3.80. The molecule has 1 amide bonds. The molecule has 2 heterocycles. The van der Waals surface area contributed by atoms with Crippen molar-refractivity contribution in [2.45, 2.75) is 29.6 Å². The number of piperidine rings is 1. The van der Waals surface area contributed by atoms with Gasteiger partial charge in [0.05, 0.1) is 15.1 Å². The van der Waals surface area contributed by atoms with Crippen LogP contribution in [0.2, 0.25) is 0 Å². The number of nitrogens with zero attached hydrogens (tertiary/aromatic N) is 3. The number of aryl methyl sites for hydroxylation is 2. The van der Waals surface area contributed by atoms with Crippen LogP contribution in [0, 0.1) is 12.8 Å². The van der Waals surface area contributed by atoms with Gasteiger partial charge < -0.3 is 4.57 Å². The Morgan fingerprint density at radius 2 is 1.81 bits per heavy atom. The minimum absolute atomic E-state index is 0.167. The van der Waals surface area contributed by atoms with Crippen LogP contribution in [0.5, 0.6) is 0 Å². The third kappa shape index (κ3) is 4.50. The van der Waals surface area contributed by atoms with E-state index in [2.05, 4.69) is 23.2 Å². The number of carbonyl (C=O) groups is 1. The Morgan fingerprint density at radius 3 is 2.45 bits per heavy atom. The van der Waals surface area contributed by atoms with Gasteiger partial charge in [-0.1, -0.05) is 29.0 Å². The zero-order valence-corrected chi connectivity index (χ0v) is 20.2. The van der Waals surface area contributed by atoms with E-state index in [1.807, 2.05) is 24.8 Å². The minimum Gasteiger partial charge on any atom is -0.319 e. The van der Waals surface area contributed by atoms with Crippen LogP contribution in [0.25, 0.3) is 10.2 Å². The number of fused-ring (bicyclic) bond motifs is 1. The third-order valence-corrected chi connectivity index (χ3v) is 9.42. The van der Waals surface area contributed by atoms with Crippen molar-refractivity contribution >= 4 is 49.2 Å². The Balaban J connectivity index is 1.49. The number of sulfonamides is 1. The highest BCUT2D eigenvalue weighted by Gasteiger charge is 2.32. The first-order chi connectivity index (χ1) is 14.8. The van der Waals surface area contributed by atoms with E-state index in [-0.39, 0.29) is 11.8 Å². The summed E-state index contributed by atoms with van der Waals surface area (Å²) in [6, 6.07) is 13.1. The molecule has 3 aromatic rings. The van der Waals surface area contributed by atoms with Gasteiger partial charge in [-0.3, -0.25) is 4.79 Å². The molecule has 31 heavy (non-hydrogen) atoms. The van der Waals surface area contributed by atoms with E-state index in [0.717, 1.165) is 15.8 Å². The summed E-state index contributed by atoms with van der Waals surface area (Å²) in [5.74, 6) is -0.420. The number of aromatic nitrogens is 1. The molecule has 0 spiro atoms. The normalized spacial score (nSPS) is 16.8. The van der Waals surface area contributed by atoms with Gasteiger partial charge in [0.2, 0.25) is 10.0 Å². The highest BCUT2D eigenvalue weighted by Crippen LogP contribution is 2.26. The Bertz CT molecular complexity index is 1280. The number of thiazole rings is 1. The fourth-order valence-electron chi connectivity index (χ4n) is 3.74. The van der Waals surface area contributed by atoms with Gasteiger partial charge in [0.25, 0.3) is 5.91 Å². The molecule has 2 aromatic carbocycles. The average molecular weight is 476 g/mol. The molecule has 0 atom stereocenters. The molecule has 6 nitrogen and oxygen atoms in total. The molecular formula is C22H25N3O3S3. The first-order valence-electron chi connectivity index (χ1n) is 10.1. The van der Waals surface area contributed by atoms with Crippen LogP contribution in [-0.2, 0) is 21.9 Å². The third-order valence-electron chi connectivity index (χ3n) is 5.68. The second-order valence-electron chi connectivity index (χ2n) is 7.72. The van der Waals surface area contributed by atoms with Crippen molar-refractivity contribution in [3.05, 3.63) is 52.8 Å². The zero-order chi connectivity index (χ0) is 22.2. The highest BCUT2D eigenvalue weighted by atomic mass is 32.2. The Labute approximate surface area is 190 Å². The summed E-state index contributed by atoms with van der Waals surface area (Å²) in [5.41, 5.74) is 2.07. The van der Waals surface area contributed by atoms with E-state index in [9.17, 15) is 13.2 Å². The van der Waals surface area contributed by atoms with E-state index < -0.39 is 10.0 Å². The van der Waals surface area contributed by atoms with Crippen LogP contribution in [0.3, 0.4) is 0 Å². The minimum atomic E-state index is -3.53. The molecule has 164 valence electrons. The maximum Gasteiger partial charge on any atom is 0.251 e. The molecule has 0 radical (unpaired) electrons. The summed E-state index contributed by atoms with van der Waals surface area (Å²) in [5, 5.41) is 0. The summed E-state index contributed by atoms with van der Waals surface area (Å²) in [6.07, 6.45) is 3.01. The monoisotopic (exact) mass is 475 g/mol. The predicted molar refractivity (Wildman–Crippen MR) is 126 cm³/mol. The van der Waals surface area contributed by atoms with Crippen LogP contribution in [0.4, 0.5) is 0 Å². The number of thioether (sulfide) groups is 1. The largest absolute Gasteiger partial charge is 0.319 e. The molecule has 1 aliphatic heterocycles. The summed E-state index contributed by atoms with van der Waals surface area (Å²) >= 11 is 3.19. The zero-order valence-electron chi connectivity index (χ0n) is 17.7. The van der Waals surface area contributed by atoms with Crippen LogP contribution in [-0.4, -0.2) is 42.5 Å². The molecule has 0 aliphatic carbocycles. The molecule has 0 unspecified atom stereocenters. The molecular weight excluding hydrogens is 450 g/mol. The molecule has 4 rings (SSSR count). The van der Waals surface area contributed by atoms with Gasteiger partial charge in [0.1, 0.15) is 0 Å². The lowest BCUT2D eigenvalue weighted by Crippen LogP contribution is -2.40.